The molecule has 0 amide bonds. The Bertz CT molecular complexity index is 716. The number of hydrogen-bond donors (Lipinski definition) is 1. The Labute approximate surface area is 134 Å². The number of carbonyl (C=O) groups excluding carboxylic acids is 1. The minimum Gasteiger partial charge on any atom is -0.466 e. The second kappa shape index (κ2) is 7.33. The maximum Gasteiger partial charge on any atom is 0.307 e. The predicted octanol–water partition coefficient (Wildman–Crippen LogP) is 3.89. The van der Waals surface area contributed by atoms with Crippen LogP contribution in [0.5, 0.6) is 0 Å². The fourth-order valence-corrected chi connectivity index (χ4v) is 2.42. The number of rotatable bonds is 5. The van der Waals surface area contributed by atoms with Crippen molar-refractivity contribution in [2.24, 2.45) is 5.73 Å². The number of hydrogen-bond acceptors (Lipinski definition) is 3. The second-order valence-corrected chi connectivity index (χ2v) is 5.37. The van der Waals surface area contributed by atoms with E-state index in [0.29, 0.717) is 23.3 Å². The van der Waals surface area contributed by atoms with Crippen molar-refractivity contribution in [2.75, 3.05) is 6.61 Å². The lowest BCUT2D eigenvalue weighted by Crippen LogP contribution is -2.17. The van der Waals surface area contributed by atoms with Crippen LogP contribution in [0.4, 0.5) is 8.78 Å². The van der Waals surface area contributed by atoms with Crippen LogP contribution < -0.4 is 5.73 Å². The molecule has 0 bridgehead atoms. The highest BCUT2D eigenvalue weighted by Crippen LogP contribution is 2.28. The molecule has 1 atom stereocenters. The Hall–Kier alpha value is -2.27. The van der Waals surface area contributed by atoms with Crippen molar-refractivity contribution >= 4 is 5.97 Å². The zero-order chi connectivity index (χ0) is 17.0. The van der Waals surface area contributed by atoms with E-state index >= 15 is 0 Å². The molecule has 0 aliphatic carbocycles. The molecular formula is C18H19F2NO2. The summed E-state index contributed by atoms with van der Waals surface area (Å²) in [6.07, 6.45) is 0.0443. The number of ether oxygens (including phenoxy) is 1. The summed E-state index contributed by atoms with van der Waals surface area (Å²) >= 11 is 0. The van der Waals surface area contributed by atoms with Crippen LogP contribution in [-0.2, 0) is 9.53 Å². The fourth-order valence-electron chi connectivity index (χ4n) is 2.42. The molecule has 0 unspecified atom stereocenters. The molecule has 3 nitrogen and oxygen atoms in total. The number of carbonyl (C=O) groups is 1. The van der Waals surface area contributed by atoms with Gasteiger partial charge in [0.15, 0.2) is 0 Å². The smallest absolute Gasteiger partial charge is 0.307 e. The number of esters is 1. The van der Waals surface area contributed by atoms with Crippen LogP contribution in [-0.4, -0.2) is 12.6 Å². The molecule has 0 aromatic heterocycles. The van der Waals surface area contributed by atoms with Gasteiger partial charge in [-0.25, -0.2) is 8.78 Å². The van der Waals surface area contributed by atoms with E-state index in [-0.39, 0.29) is 12.4 Å². The van der Waals surface area contributed by atoms with E-state index in [1.165, 1.54) is 12.1 Å². The van der Waals surface area contributed by atoms with Crippen LogP contribution in [0.25, 0.3) is 11.1 Å². The number of nitrogens with two attached hydrogens (primary N) is 1. The van der Waals surface area contributed by atoms with E-state index in [9.17, 15) is 13.6 Å². The third-order valence-electron chi connectivity index (χ3n) is 3.46. The van der Waals surface area contributed by atoms with Gasteiger partial charge in [0.2, 0.25) is 0 Å². The van der Waals surface area contributed by atoms with Gasteiger partial charge in [-0.15, -0.1) is 0 Å². The third kappa shape index (κ3) is 4.36. The lowest BCUT2D eigenvalue weighted by molar-refractivity contribution is -0.143. The first-order chi connectivity index (χ1) is 10.9. The number of benzene rings is 2. The van der Waals surface area contributed by atoms with Gasteiger partial charge in [-0.1, -0.05) is 17.7 Å². The number of aryl methyl sites for hydroxylation is 1. The molecule has 23 heavy (non-hydrogen) atoms. The lowest BCUT2D eigenvalue weighted by atomic mass is 9.95. The Morgan fingerprint density at radius 2 is 1.96 bits per heavy atom. The third-order valence-corrected chi connectivity index (χ3v) is 3.46. The first-order valence-corrected chi connectivity index (χ1v) is 7.39. The minimum atomic E-state index is -0.638. The summed E-state index contributed by atoms with van der Waals surface area (Å²) in [5, 5.41) is 0. The Morgan fingerprint density at radius 1 is 1.22 bits per heavy atom. The summed E-state index contributed by atoms with van der Waals surface area (Å²) in [5.41, 5.74) is 8.52. The summed E-state index contributed by atoms with van der Waals surface area (Å²) in [6, 6.07) is 8.24. The molecule has 0 aliphatic rings. The van der Waals surface area contributed by atoms with Gasteiger partial charge in [0, 0.05) is 17.7 Å². The largest absolute Gasteiger partial charge is 0.466 e. The maximum absolute atomic E-state index is 14.0. The van der Waals surface area contributed by atoms with Crippen molar-refractivity contribution in [3.05, 3.63) is 59.2 Å². The predicted molar refractivity (Wildman–Crippen MR) is 84.7 cm³/mol. The molecule has 2 N–H and O–H groups in total. The minimum absolute atomic E-state index is 0.0443. The van der Waals surface area contributed by atoms with Crippen molar-refractivity contribution in [2.45, 2.75) is 26.3 Å². The Morgan fingerprint density at radius 3 is 2.61 bits per heavy atom. The molecule has 2 rings (SSSR count). The van der Waals surface area contributed by atoms with Gasteiger partial charge < -0.3 is 10.5 Å². The van der Waals surface area contributed by atoms with Gasteiger partial charge in [-0.3, -0.25) is 4.79 Å². The average molecular weight is 319 g/mol. The van der Waals surface area contributed by atoms with Gasteiger partial charge in [-0.2, -0.15) is 0 Å². The highest BCUT2D eigenvalue weighted by atomic mass is 19.1. The van der Waals surface area contributed by atoms with Gasteiger partial charge in [-0.05, 0) is 43.2 Å². The normalized spacial score (nSPS) is 12.0. The molecule has 0 fully saturated rings. The molecule has 0 radical (unpaired) electrons. The summed E-state index contributed by atoms with van der Waals surface area (Å²) in [7, 11) is 0. The van der Waals surface area contributed by atoms with Crippen LogP contribution in [0, 0.1) is 18.6 Å². The zero-order valence-electron chi connectivity index (χ0n) is 13.1. The SMILES string of the molecule is CCOC(=O)C[C@H](N)c1cc(C)cc(-c2ccc(F)cc2F)c1. The fraction of sp³-hybridized carbons (Fsp3) is 0.278. The molecule has 2 aromatic carbocycles. The lowest BCUT2D eigenvalue weighted by Gasteiger charge is -2.14. The highest BCUT2D eigenvalue weighted by Gasteiger charge is 2.15. The number of halogens is 2. The quantitative estimate of drug-likeness (QED) is 0.851. The van der Waals surface area contributed by atoms with E-state index < -0.39 is 17.7 Å². The molecule has 0 aliphatic heterocycles. The summed E-state index contributed by atoms with van der Waals surface area (Å²) in [4.78, 5) is 11.6. The van der Waals surface area contributed by atoms with Crippen molar-refractivity contribution < 1.29 is 18.3 Å². The van der Waals surface area contributed by atoms with Crippen LogP contribution in [0.3, 0.4) is 0 Å². The topological polar surface area (TPSA) is 52.3 Å². The molecule has 5 heteroatoms. The highest BCUT2D eigenvalue weighted by molar-refractivity contribution is 5.71. The van der Waals surface area contributed by atoms with E-state index in [1.807, 2.05) is 13.0 Å². The van der Waals surface area contributed by atoms with Crippen LogP contribution in [0.1, 0.15) is 30.5 Å². The van der Waals surface area contributed by atoms with Crippen LogP contribution >= 0.6 is 0 Å². The summed E-state index contributed by atoms with van der Waals surface area (Å²) in [6.45, 7) is 3.88. The first-order valence-electron chi connectivity index (χ1n) is 7.39. The molecule has 2 aromatic rings. The maximum atomic E-state index is 14.0. The van der Waals surface area contributed by atoms with Gasteiger partial charge in [0.05, 0.1) is 13.0 Å². The van der Waals surface area contributed by atoms with Crippen LogP contribution in [0.2, 0.25) is 0 Å². The molecule has 0 heterocycles. The first kappa shape index (κ1) is 17.1. The van der Waals surface area contributed by atoms with Gasteiger partial charge in [0.1, 0.15) is 11.6 Å². The van der Waals surface area contributed by atoms with Crippen molar-refractivity contribution in [1.82, 2.24) is 0 Å². The second-order valence-electron chi connectivity index (χ2n) is 5.37. The van der Waals surface area contributed by atoms with Gasteiger partial charge >= 0.3 is 5.97 Å². The Balaban J connectivity index is 2.33. The zero-order valence-corrected chi connectivity index (χ0v) is 13.1. The molecule has 0 saturated heterocycles. The van der Waals surface area contributed by atoms with Crippen molar-refractivity contribution in [1.29, 1.82) is 0 Å². The monoisotopic (exact) mass is 319 g/mol. The van der Waals surface area contributed by atoms with Gasteiger partial charge in [0.25, 0.3) is 0 Å². The van der Waals surface area contributed by atoms with E-state index in [0.717, 1.165) is 11.6 Å². The summed E-state index contributed by atoms with van der Waals surface area (Å²) < 4.78 is 31.9. The molecule has 0 spiro atoms. The van der Waals surface area contributed by atoms with E-state index in [4.69, 9.17) is 10.5 Å². The van der Waals surface area contributed by atoms with Crippen LogP contribution in [0.15, 0.2) is 36.4 Å². The van der Waals surface area contributed by atoms with Crippen molar-refractivity contribution in [3.63, 3.8) is 0 Å². The Kier molecular flexibility index (Phi) is 5.45. The summed E-state index contributed by atoms with van der Waals surface area (Å²) in [5.74, 6) is -1.64. The molecule has 122 valence electrons. The molecular weight excluding hydrogens is 300 g/mol. The van der Waals surface area contributed by atoms with E-state index in [2.05, 4.69) is 0 Å². The van der Waals surface area contributed by atoms with Crippen molar-refractivity contribution in [3.8, 4) is 11.1 Å². The van der Waals surface area contributed by atoms with E-state index in [1.54, 1.807) is 19.1 Å². The average Bonchev–Trinajstić information content (AvgIpc) is 2.46. The standard InChI is InChI=1S/C18H19F2NO2/c1-3-23-18(22)10-17(21)13-7-11(2)6-12(8-13)15-5-4-14(19)9-16(15)20/h4-9,17H,3,10,21H2,1-2H3/t17-/m0/s1. The molecule has 0 saturated carbocycles.